The summed E-state index contributed by atoms with van der Waals surface area (Å²) in [5.41, 5.74) is 3.38. The summed E-state index contributed by atoms with van der Waals surface area (Å²) in [6.07, 6.45) is 5.10. The lowest BCUT2D eigenvalue weighted by molar-refractivity contribution is -0.116. The SMILES string of the molecule is CC(C)c1ccccc1NC(=O)CCN(C)CCc1ccncc1. The van der Waals surface area contributed by atoms with Crippen LogP contribution >= 0.6 is 0 Å². The van der Waals surface area contributed by atoms with Crippen LogP contribution in [0.5, 0.6) is 0 Å². The van der Waals surface area contributed by atoms with Gasteiger partial charge in [0.25, 0.3) is 0 Å². The Morgan fingerprint density at radius 1 is 1.12 bits per heavy atom. The van der Waals surface area contributed by atoms with Crippen molar-refractivity contribution in [3.63, 3.8) is 0 Å². The number of pyridine rings is 1. The fourth-order valence-electron chi connectivity index (χ4n) is 2.60. The van der Waals surface area contributed by atoms with Crippen LogP contribution in [0.3, 0.4) is 0 Å². The first-order valence-corrected chi connectivity index (χ1v) is 8.52. The van der Waals surface area contributed by atoms with Crippen LogP contribution in [0.1, 0.15) is 37.3 Å². The van der Waals surface area contributed by atoms with Crippen LogP contribution in [0.25, 0.3) is 0 Å². The van der Waals surface area contributed by atoms with Crippen molar-refractivity contribution in [1.29, 1.82) is 0 Å². The van der Waals surface area contributed by atoms with Crippen LogP contribution in [-0.4, -0.2) is 35.9 Å². The van der Waals surface area contributed by atoms with Crippen molar-refractivity contribution in [2.24, 2.45) is 0 Å². The van der Waals surface area contributed by atoms with Crippen LogP contribution < -0.4 is 5.32 Å². The highest BCUT2D eigenvalue weighted by Crippen LogP contribution is 2.23. The number of benzene rings is 1. The maximum atomic E-state index is 12.2. The summed E-state index contributed by atoms with van der Waals surface area (Å²) in [6, 6.07) is 12.1. The molecule has 0 saturated carbocycles. The number of rotatable bonds is 8. The van der Waals surface area contributed by atoms with Crippen molar-refractivity contribution in [3.8, 4) is 0 Å². The molecule has 0 atom stereocenters. The Bertz CT molecular complexity index is 640. The standard InChI is InChI=1S/C20H27N3O/c1-16(2)18-6-4-5-7-19(18)22-20(24)11-15-23(3)14-10-17-8-12-21-13-9-17/h4-9,12-13,16H,10-11,14-15H2,1-3H3,(H,22,24). The van der Waals surface area contributed by atoms with Gasteiger partial charge in [-0.15, -0.1) is 0 Å². The number of likely N-dealkylation sites (N-methyl/N-ethyl adjacent to an activating group) is 1. The topological polar surface area (TPSA) is 45.2 Å². The lowest BCUT2D eigenvalue weighted by Gasteiger charge is -2.17. The number of hydrogen-bond donors (Lipinski definition) is 1. The van der Waals surface area contributed by atoms with Crippen molar-refractivity contribution >= 4 is 11.6 Å². The van der Waals surface area contributed by atoms with Gasteiger partial charge in [-0.2, -0.15) is 0 Å². The molecule has 1 amide bonds. The molecule has 0 aliphatic carbocycles. The van der Waals surface area contributed by atoms with Crippen molar-refractivity contribution in [1.82, 2.24) is 9.88 Å². The second kappa shape index (κ2) is 9.18. The molecule has 128 valence electrons. The third-order valence-electron chi connectivity index (χ3n) is 4.11. The number of para-hydroxylation sites is 1. The van der Waals surface area contributed by atoms with E-state index < -0.39 is 0 Å². The minimum Gasteiger partial charge on any atom is -0.326 e. The van der Waals surface area contributed by atoms with Crippen molar-refractivity contribution in [2.75, 3.05) is 25.5 Å². The van der Waals surface area contributed by atoms with Gasteiger partial charge in [0, 0.05) is 37.6 Å². The minimum atomic E-state index is 0.0684. The van der Waals surface area contributed by atoms with E-state index in [0.717, 1.165) is 25.2 Å². The molecule has 2 rings (SSSR count). The van der Waals surface area contributed by atoms with Crippen molar-refractivity contribution in [2.45, 2.75) is 32.6 Å². The van der Waals surface area contributed by atoms with E-state index in [1.165, 1.54) is 11.1 Å². The van der Waals surface area contributed by atoms with Gasteiger partial charge >= 0.3 is 0 Å². The maximum Gasteiger partial charge on any atom is 0.225 e. The van der Waals surface area contributed by atoms with Crippen LogP contribution in [0.4, 0.5) is 5.69 Å². The lowest BCUT2D eigenvalue weighted by atomic mass is 10.0. The van der Waals surface area contributed by atoms with Gasteiger partial charge in [-0.25, -0.2) is 0 Å². The van der Waals surface area contributed by atoms with Gasteiger partial charge in [0.1, 0.15) is 0 Å². The quantitative estimate of drug-likeness (QED) is 0.805. The van der Waals surface area contributed by atoms with Crippen LogP contribution in [-0.2, 0) is 11.2 Å². The van der Waals surface area contributed by atoms with Crippen molar-refractivity contribution < 1.29 is 4.79 Å². The van der Waals surface area contributed by atoms with E-state index in [1.807, 2.05) is 42.7 Å². The molecule has 0 spiro atoms. The molecule has 1 N–H and O–H groups in total. The molecular weight excluding hydrogens is 298 g/mol. The van der Waals surface area contributed by atoms with E-state index in [9.17, 15) is 4.79 Å². The molecule has 0 bridgehead atoms. The summed E-state index contributed by atoms with van der Waals surface area (Å²) in [5.74, 6) is 0.461. The number of nitrogens with one attached hydrogen (secondary N) is 1. The zero-order valence-electron chi connectivity index (χ0n) is 14.8. The van der Waals surface area contributed by atoms with E-state index in [2.05, 4.69) is 42.2 Å². The minimum absolute atomic E-state index is 0.0684. The molecule has 4 heteroatoms. The molecule has 0 aliphatic heterocycles. The van der Waals surface area contributed by atoms with Gasteiger partial charge in [-0.1, -0.05) is 32.0 Å². The summed E-state index contributed by atoms with van der Waals surface area (Å²) in [4.78, 5) is 18.4. The van der Waals surface area contributed by atoms with E-state index >= 15 is 0 Å². The fourth-order valence-corrected chi connectivity index (χ4v) is 2.60. The van der Waals surface area contributed by atoms with Gasteiger partial charge in [0.05, 0.1) is 0 Å². The molecular formula is C20H27N3O. The number of amides is 1. The Kier molecular flexibility index (Phi) is 6.94. The van der Waals surface area contributed by atoms with E-state index in [1.54, 1.807) is 0 Å². The largest absolute Gasteiger partial charge is 0.326 e. The average molecular weight is 325 g/mol. The number of aromatic nitrogens is 1. The number of carbonyl (C=O) groups is 1. The summed E-state index contributed by atoms with van der Waals surface area (Å²) < 4.78 is 0. The summed E-state index contributed by atoms with van der Waals surface area (Å²) in [5, 5.41) is 3.05. The smallest absolute Gasteiger partial charge is 0.225 e. The molecule has 1 heterocycles. The van der Waals surface area contributed by atoms with E-state index in [0.29, 0.717) is 12.3 Å². The van der Waals surface area contributed by atoms with Gasteiger partial charge in [-0.05, 0) is 48.7 Å². The highest BCUT2D eigenvalue weighted by molar-refractivity contribution is 5.91. The summed E-state index contributed by atoms with van der Waals surface area (Å²) in [6.45, 7) is 5.95. The Hall–Kier alpha value is -2.20. The molecule has 2 aromatic rings. The molecule has 24 heavy (non-hydrogen) atoms. The molecule has 0 saturated heterocycles. The Morgan fingerprint density at radius 3 is 2.54 bits per heavy atom. The first kappa shape index (κ1) is 18.1. The second-order valence-corrected chi connectivity index (χ2v) is 6.45. The summed E-state index contributed by atoms with van der Waals surface area (Å²) >= 11 is 0. The molecule has 0 unspecified atom stereocenters. The third-order valence-corrected chi connectivity index (χ3v) is 4.11. The number of carbonyl (C=O) groups excluding carboxylic acids is 1. The molecule has 4 nitrogen and oxygen atoms in total. The van der Waals surface area contributed by atoms with Gasteiger partial charge in [-0.3, -0.25) is 9.78 Å². The zero-order chi connectivity index (χ0) is 17.4. The normalized spacial score (nSPS) is 11.0. The Morgan fingerprint density at radius 2 is 1.83 bits per heavy atom. The highest BCUT2D eigenvalue weighted by atomic mass is 16.1. The monoisotopic (exact) mass is 325 g/mol. The summed E-state index contributed by atoms with van der Waals surface area (Å²) in [7, 11) is 2.05. The van der Waals surface area contributed by atoms with Crippen LogP contribution in [0, 0.1) is 0 Å². The Balaban J connectivity index is 1.77. The molecule has 0 aliphatic rings. The third kappa shape index (κ3) is 5.78. The Labute approximate surface area is 144 Å². The molecule has 1 aromatic heterocycles. The predicted molar refractivity (Wildman–Crippen MR) is 99.2 cm³/mol. The first-order chi connectivity index (χ1) is 11.6. The van der Waals surface area contributed by atoms with E-state index in [4.69, 9.17) is 0 Å². The fraction of sp³-hybridized carbons (Fsp3) is 0.400. The lowest BCUT2D eigenvalue weighted by Crippen LogP contribution is -2.26. The van der Waals surface area contributed by atoms with E-state index in [-0.39, 0.29) is 5.91 Å². The van der Waals surface area contributed by atoms with Crippen LogP contribution in [0.2, 0.25) is 0 Å². The zero-order valence-corrected chi connectivity index (χ0v) is 14.8. The highest BCUT2D eigenvalue weighted by Gasteiger charge is 2.10. The van der Waals surface area contributed by atoms with Crippen molar-refractivity contribution in [3.05, 3.63) is 59.9 Å². The molecule has 1 aromatic carbocycles. The van der Waals surface area contributed by atoms with Crippen LogP contribution in [0.15, 0.2) is 48.8 Å². The predicted octanol–water partition coefficient (Wildman–Crippen LogP) is 3.71. The average Bonchev–Trinajstić information content (AvgIpc) is 2.59. The number of nitrogens with zero attached hydrogens (tertiary/aromatic N) is 2. The van der Waals surface area contributed by atoms with Gasteiger partial charge in [0.2, 0.25) is 5.91 Å². The van der Waals surface area contributed by atoms with Gasteiger partial charge in [0.15, 0.2) is 0 Å². The number of hydrogen-bond acceptors (Lipinski definition) is 3. The second-order valence-electron chi connectivity index (χ2n) is 6.45. The van der Waals surface area contributed by atoms with Gasteiger partial charge < -0.3 is 10.2 Å². The first-order valence-electron chi connectivity index (χ1n) is 8.52. The molecule has 0 radical (unpaired) electrons. The number of anilines is 1. The maximum absolute atomic E-state index is 12.2. The molecule has 0 fully saturated rings.